The van der Waals surface area contributed by atoms with Gasteiger partial charge in [-0.1, -0.05) is 6.07 Å². The minimum absolute atomic E-state index is 0.0204. The fourth-order valence-electron chi connectivity index (χ4n) is 2.77. The third kappa shape index (κ3) is 4.89. The number of halogens is 3. The Bertz CT molecular complexity index is 1260. The summed E-state index contributed by atoms with van der Waals surface area (Å²) < 4.78 is 42.7. The van der Waals surface area contributed by atoms with Crippen molar-refractivity contribution in [3.05, 3.63) is 73.1 Å². The molecule has 1 amide bonds. The van der Waals surface area contributed by atoms with Gasteiger partial charge in [0.25, 0.3) is 12.3 Å². The second-order valence-electron chi connectivity index (χ2n) is 6.46. The molecule has 0 radical (unpaired) electrons. The van der Waals surface area contributed by atoms with E-state index in [1.807, 2.05) is 24.3 Å². The van der Waals surface area contributed by atoms with E-state index in [1.165, 1.54) is 18.5 Å². The summed E-state index contributed by atoms with van der Waals surface area (Å²) in [6.45, 7) is 0. The van der Waals surface area contributed by atoms with Gasteiger partial charge in [-0.15, -0.1) is 0 Å². The van der Waals surface area contributed by atoms with Gasteiger partial charge in [-0.05, 0) is 29.7 Å². The number of hydrogen-bond acceptors (Lipinski definition) is 7. The van der Waals surface area contributed by atoms with Gasteiger partial charge in [-0.2, -0.15) is 4.39 Å². The Labute approximate surface area is 179 Å². The lowest BCUT2D eigenvalue weighted by Crippen LogP contribution is -2.21. The minimum Gasteiger partial charge on any atom is -0.452 e. The van der Waals surface area contributed by atoms with Gasteiger partial charge in [-0.25, -0.2) is 18.7 Å². The van der Waals surface area contributed by atoms with E-state index >= 15 is 0 Å². The zero-order valence-electron chi connectivity index (χ0n) is 16.2. The quantitative estimate of drug-likeness (QED) is 0.440. The Kier molecular flexibility index (Phi) is 6.06. The standard InChI is InChI=1S/C21H15F3N6O2/c22-18(23)19(24)32-17-5-7-26-11-16(17)29-20(31)15-4-8-27-21(30-15)28-14-2-1-13-10-25-6-3-12(13)9-14/h1-11,18-19H,(H,29,31)(H,27,28,30). The van der Waals surface area contributed by atoms with Crippen LogP contribution in [-0.4, -0.2) is 38.6 Å². The molecule has 3 heterocycles. The van der Waals surface area contributed by atoms with Crippen molar-refractivity contribution in [1.29, 1.82) is 0 Å². The maximum atomic E-state index is 13.3. The summed E-state index contributed by atoms with van der Waals surface area (Å²) in [5, 5.41) is 7.35. The van der Waals surface area contributed by atoms with Gasteiger partial charge >= 0.3 is 6.43 Å². The topological polar surface area (TPSA) is 102 Å². The van der Waals surface area contributed by atoms with Crippen LogP contribution >= 0.6 is 0 Å². The van der Waals surface area contributed by atoms with Crippen LogP contribution in [0.25, 0.3) is 10.8 Å². The average Bonchev–Trinajstić information content (AvgIpc) is 2.80. The van der Waals surface area contributed by atoms with E-state index in [-0.39, 0.29) is 23.1 Å². The monoisotopic (exact) mass is 440 g/mol. The molecule has 0 bridgehead atoms. The van der Waals surface area contributed by atoms with Crippen LogP contribution in [0.4, 0.5) is 30.5 Å². The highest BCUT2D eigenvalue weighted by Crippen LogP contribution is 2.26. The normalized spacial score (nSPS) is 11.9. The number of aromatic nitrogens is 4. The molecule has 8 nitrogen and oxygen atoms in total. The highest BCUT2D eigenvalue weighted by molar-refractivity contribution is 6.03. The van der Waals surface area contributed by atoms with Crippen molar-refractivity contribution in [2.75, 3.05) is 10.6 Å². The summed E-state index contributed by atoms with van der Waals surface area (Å²) in [7, 11) is 0. The molecule has 11 heteroatoms. The number of carbonyl (C=O) groups is 1. The van der Waals surface area contributed by atoms with Gasteiger partial charge in [0.05, 0.1) is 6.20 Å². The number of benzene rings is 1. The predicted molar refractivity (Wildman–Crippen MR) is 111 cm³/mol. The molecular weight excluding hydrogens is 425 g/mol. The fourth-order valence-corrected chi connectivity index (χ4v) is 2.77. The Morgan fingerprint density at radius 3 is 2.59 bits per heavy atom. The molecule has 2 N–H and O–H groups in total. The van der Waals surface area contributed by atoms with Crippen LogP contribution in [0.2, 0.25) is 0 Å². The summed E-state index contributed by atoms with van der Waals surface area (Å²) in [5.41, 5.74) is 0.593. The Morgan fingerprint density at radius 2 is 1.75 bits per heavy atom. The molecule has 0 fully saturated rings. The predicted octanol–water partition coefficient (Wildman–Crippen LogP) is 4.36. The number of anilines is 3. The van der Waals surface area contributed by atoms with Crippen molar-refractivity contribution in [3.63, 3.8) is 0 Å². The Balaban J connectivity index is 1.50. The number of carbonyl (C=O) groups excluding carboxylic acids is 1. The minimum atomic E-state index is -3.34. The summed E-state index contributed by atoms with van der Waals surface area (Å²) in [4.78, 5) is 28.7. The largest absolute Gasteiger partial charge is 0.452 e. The van der Waals surface area contributed by atoms with E-state index in [9.17, 15) is 18.0 Å². The molecule has 1 atom stereocenters. The van der Waals surface area contributed by atoms with Crippen molar-refractivity contribution in [1.82, 2.24) is 19.9 Å². The number of alkyl halides is 3. The van der Waals surface area contributed by atoms with E-state index in [0.717, 1.165) is 23.0 Å². The number of nitrogens with one attached hydrogen (secondary N) is 2. The molecule has 0 aliphatic heterocycles. The molecule has 0 saturated heterocycles. The molecule has 4 rings (SSSR count). The van der Waals surface area contributed by atoms with Crippen LogP contribution in [0.5, 0.6) is 5.75 Å². The summed E-state index contributed by atoms with van der Waals surface area (Å²) >= 11 is 0. The number of hydrogen-bond donors (Lipinski definition) is 2. The van der Waals surface area contributed by atoms with Gasteiger partial charge in [0, 0.05) is 41.9 Å². The average molecular weight is 440 g/mol. The number of amides is 1. The van der Waals surface area contributed by atoms with Crippen molar-refractivity contribution in [3.8, 4) is 5.75 Å². The summed E-state index contributed by atoms with van der Waals surface area (Å²) in [5.74, 6) is -0.820. The number of pyridine rings is 2. The molecule has 0 aliphatic rings. The van der Waals surface area contributed by atoms with Crippen molar-refractivity contribution in [2.45, 2.75) is 12.8 Å². The number of ether oxygens (including phenoxy) is 1. The lowest BCUT2D eigenvalue weighted by atomic mass is 10.1. The molecule has 4 aromatic rings. The first-order chi connectivity index (χ1) is 15.5. The Morgan fingerprint density at radius 1 is 0.938 bits per heavy atom. The third-order valence-corrected chi connectivity index (χ3v) is 4.25. The molecule has 0 saturated carbocycles. The second-order valence-corrected chi connectivity index (χ2v) is 6.46. The SMILES string of the molecule is O=C(Nc1cnccc1OC(F)C(F)F)c1ccnc(Nc2ccc3cnccc3c2)n1. The first-order valence-electron chi connectivity index (χ1n) is 9.28. The highest BCUT2D eigenvalue weighted by Gasteiger charge is 2.23. The maximum Gasteiger partial charge on any atom is 0.304 e. The number of fused-ring (bicyclic) bond motifs is 1. The number of rotatable bonds is 7. The third-order valence-electron chi connectivity index (χ3n) is 4.25. The van der Waals surface area contributed by atoms with Gasteiger partial charge in [0.15, 0.2) is 0 Å². The van der Waals surface area contributed by atoms with Crippen LogP contribution < -0.4 is 15.4 Å². The first kappa shape index (κ1) is 21.0. The van der Waals surface area contributed by atoms with Crippen LogP contribution in [0.1, 0.15) is 10.5 Å². The van der Waals surface area contributed by atoms with Gasteiger partial charge in [-0.3, -0.25) is 14.8 Å². The maximum absolute atomic E-state index is 13.3. The van der Waals surface area contributed by atoms with Crippen molar-refractivity contribution < 1.29 is 22.7 Å². The van der Waals surface area contributed by atoms with E-state index in [2.05, 4.69) is 35.3 Å². The molecule has 1 aromatic carbocycles. The highest BCUT2D eigenvalue weighted by atomic mass is 19.3. The molecule has 162 valence electrons. The molecular formula is C21H15F3N6O2. The van der Waals surface area contributed by atoms with E-state index in [4.69, 9.17) is 0 Å². The van der Waals surface area contributed by atoms with E-state index in [1.54, 1.807) is 12.4 Å². The van der Waals surface area contributed by atoms with Gasteiger partial charge in [0.1, 0.15) is 17.1 Å². The molecule has 0 spiro atoms. The zero-order valence-corrected chi connectivity index (χ0v) is 16.2. The van der Waals surface area contributed by atoms with Gasteiger partial charge in [0.2, 0.25) is 5.95 Å². The molecule has 1 unspecified atom stereocenters. The van der Waals surface area contributed by atoms with Crippen molar-refractivity contribution in [2.24, 2.45) is 0 Å². The Hall–Kier alpha value is -4.28. The van der Waals surface area contributed by atoms with Crippen molar-refractivity contribution >= 4 is 34.0 Å². The lowest BCUT2D eigenvalue weighted by Gasteiger charge is -2.14. The van der Waals surface area contributed by atoms with E-state index < -0.39 is 18.7 Å². The van der Waals surface area contributed by atoms with Crippen LogP contribution in [-0.2, 0) is 0 Å². The van der Waals surface area contributed by atoms with Gasteiger partial charge < -0.3 is 15.4 Å². The smallest absolute Gasteiger partial charge is 0.304 e. The van der Waals surface area contributed by atoms with Crippen LogP contribution in [0, 0.1) is 0 Å². The molecule has 32 heavy (non-hydrogen) atoms. The molecule has 0 aliphatic carbocycles. The molecule has 3 aromatic heterocycles. The summed E-state index contributed by atoms with van der Waals surface area (Å²) in [6.07, 6.45) is 0.976. The fraction of sp³-hybridized carbons (Fsp3) is 0.0952. The summed E-state index contributed by atoms with van der Waals surface area (Å²) in [6, 6.07) is 9.95. The second kappa shape index (κ2) is 9.25. The van der Waals surface area contributed by atoms with E-state index in [0.29, 0.717) is 5.69 Å². The van der Waals surface area contributed by atoms with Crippen LogP contribution in [0.3, 0.4) is 0 Å². The lowest BCUT2D eigenvalue weighted by molar-refractivity contribution is -0.0665. The first-order valence-corrected chi connectivity index (χ1v) is 9.28. The number of nitrogens with zero attached hydrogens (tertiary/aromatic N) is 4. The van der Waals surface area contributed by atoms with Crippen LogP contribution in [0.15, 0.2) is 67.4 Å². The zero-order chi connectivity index (χ0) is 22.5.